The Morgan fingerprint density at radius 2 is 1.06 bits per heavy atom. The summed E-state index contributed by atoms with van der Waals surface area (Å²) in [5.74, 6) is -20.0. The summed E-state index contributed by atoms with van der Waals surface area (Å²) in [7, 11) is 1.50. The van der Waals surface area contributed by atoms with Crippen LogP contribution in [0.4, 0.5) is 0 Å². The number of aliphatic hydroxyl groups is 1. The molecule has 139 heavy (non-hydrogen) atoms. The van der Waals surface area contributed by atoms with Crippen LogP contribution in [0, 0.1) is 30.1 Å². The van der Waals surface area contributed by atoms with E-state index in [-0.39, 0.29) is 127 Å². The number of nitrogens with one attached hydrogen (secondary N) is 18. The first-order chi connectivity index (χ1) is 66.2. The molecule has 3 aromatic heterocycles. The van der Waals surface area contributed by atoms with Crippen molar-refractivity contribution in [2.75, 3.05) is 64.1 Å². The summed E-state index contributed by atoms with van der Waals surface area (Å²) in [6.45, 7) is 11.2. The highest BCUT2D eigenvalue weighted by Gasteiger charge is 2.49. The van der Waals surface area contributed by atoms with Crippen LogP contribution in [0.3, 0.4) is 0 Å². The lowest BCUT2D eigenvalue weighted by Crippen LogP contribution is -2.63. The molecule has 4 fully saturated rings. The summed E-state index contributed by atoms with van der Waals surface area (Å²) >= 11 is 0. The fourth-order valence-corrected chi connectivity index (χ4v) is 18.7. The molecule has 47 heteroatoms. The number of ether oxygens (including phenoxy) is 2. The summed E-state index contributed by atoms with van der Waals surface area (Å²) in [4.78, 5) is 292. The number of carbonyl (C=O) groups is 19. The number of carbonyl (C=O) groups excluding carboxylic acids is 17. The van der Waals surface area contributed by atoms with Crippen molar-refractivity contribution in [3.8, 4) is 12.3 Å². The Morgan fingerprint density at radius 1 is 0.532 bits per heavy atom. The summed E-state index contributed by atoms with van der Waals surface area (Å²) in [6, 6.07) is -11.0. The maximum atomic E-state index is 15.7. The fraction of sp³-hybridized carbons (Fsp3) is 0.565. The normalized spacial score (nSPS) is 24.9. The van der Waals surface area contributed by atoms with Gasteiger partial charge in [0.2, 0.25) is 100 Å². The van der Waals surface area contributed by atoms with Crippen molar-refractivity contribution in [2.45, 2.75) is 248 Å². The number of aliphatic carboxylic acids is 2. The van der Waals surface area contributed by atoms with Crippen LogP contribution < -0.4 is 79.8 Å². The van der Waals surface area contributed by atoms with Crippen LogP contribution in [-0.4, -0.2) is 318 Å². The van der Waals surface area contributed by atoms with E-state index in [0.29, 0.717) is 45.8 Å². The number of benzene rings is 2. The maximum absolute atomic E-state index is 15.7. The molecule has 9 rings (SSSR count). The van der Waals surface area contributed by atoms with Crippen molar-refractivity contribution in [3.63, 3.8) is 0 Å². The third-order valence-corrected chi connectivity index (χ3v) is 26.0. The number of para-hydroxylation sites is 2. The van der Waals surface area contributed by atoms with Crippen LogP contribution in [0.1, 0.15) is 149 Å². The van der Waals surface area contributed by atoms with E-state index >= 15 is 47.9 Å². The van der Waals surface area contributed by atoms with Gasteiger partial charge < -0.3 is 129 Å². The van der Waals surface area contributed by atoms with E-state index in [1.54, 1.807) is 102 Å². The molecule has 4 saturated heterocycles. The summed E-state index contributed by atoms with van der Waals surface area (Å²) < 4.78 is 11.2. The number of hydrogen-bond acceptors (Lipinski definition) is 25. The van der Waals surface area contributed by atoms with Crippen molar-refractivity contribution in [2.24, 2.45) is 17.8 Å². The topological polar surface area (TPSA) is 651 Å². The summed E-state index contributed by atoms with van der Waals surface area (Å²) in [5, 5.41) is 72.5. The summed E-state index contributed by atoms with van der Waals surface area (Å²) in [6.07, 6.45) is 6.26. The molecule has 5 aromatic rings. The van der Waals surface area contributed by atoms with E-state index in [4.69, 9.17) is 15.9 Å². The van der Waals surface area contributed by atoms with E-state index in [0.717, 1.165) is 38.3 Å². The number of imidazole rings is 1. The minimum absolute atomic E-state index is 0.0374. The molecule has 0 radical (unpaired) electrons. The van der Waals surface area contributed by atoms with Gasteiger partial charge in [-0.15, -0.1) is 12.3 Å². The molecule has 756 valence electrons. The van der Waals surface area contributed by atoms with Gasteiger partial charge in [-0.25, -0.2) is 4.98 Å². The van der Waals surface area contributed by atoms with Crippen LogP contribution in [0.2, 0.25) is 0 Å². The van der Waals surface area contributed by atoms with Gasteiger partial charge in [0.15, 0.2) is 0 Å². The minimum Gasteiger partial charge on any atom is -0.481 e. The van der Waals surface area contributed by atoms with Crippen LogP contribution >= 0.6 is 21.6 Å². The molecular formula is C92H127N21O24S2. The Balaban J connectivity index is 1.11. The molecular weight excluding hydrogens is 1850 g/mol. The lowest BCUT2D eigenvalue weighted by molar-refractivity contribution is -0.149. The molecule has 16 atom stereocenters. The van der Waals surface area contributed by atoms with Gasteiger partial charge in [0.05, 0.1) is 51.8 Å². The van der Waals surface area contributed by atoms with E-state index in [2.05, 4.69) is 106 Å². The smallest absolute Gasteiger partial charge is 0.305 e. The van der Waals surface area contributed by atoms with Gasteiger partial charge in [-0.1, -0.05) is 99.5 Å². The Morgan fingerprint density at radius 3 is 1.64 bits per heavy atom. The molecule has 0 aliphatic carbocycles. The molecule has 0 saturated carbocycles. The zero-order valence-electron chi connectivity index (χ0n) is 78.7. The molecule has 17 amide bonds. The number of carboxylic acids is 2. The first kappa shape index (κ1) is 109. The Kier molecular flexibility index (Phi) is 42.3. The van der Waals surface area contributed by atoms with Crippen molar-refractivity contribution in [1.29, 1.82) is 0 Å². The predicted molar refractivity (Wildman–Crippen MR) is 506 cm³/mol. The standard InChI is InChI=1S/C92H127N21O24S2/c1-10-11-12-23-72(115)94-27-30-137-32-31-136-29-26-73(116)100-56-38-71-89(132)106-67(39-76(120)121)85(128)108-68-45-138-139-46-69(88(131)111-78(52(9)114)92(135)112-28-17-22-70(112)91(134)113(71)44-56)109-83(126)65(36-54-41-96-60-21-16-14-19-58(54)60)107-90(133)77(50(6)7)110-86(129)63(34-49(4)5)104-81(124)61(24-25-75(118)119)101-74(117)43-97-80(123)62(33-48(2)3)103-84(127)66(37-55-42-93-47-98-55)105-82(125)64(102-79(122)51(8)99-87(68)130)35-53-40-95-59-20-15-13-18-57(53)59/h1,13-16,18-21,40-42,47-52,56,61-71,77-78,95-96,114H,11-12,17,22-39,43-46H2,2-9H3,(H,93,98)(H,94,115)(H,97,123)(H,99,130)(H,100,116)(H,101,117)(H,102,122)(H,103,127)(H,104,124)(H,105,125)(H,106,132)(H,107,133)(H,108,128)(H,109,126)(H,110,129)(H,111,131)(H,118,119)(H,120,121)/t51-,52+,56-,61-,62-,63-,64-,65-,66-,67-,68-,69-,70+,71-,77-,78-/m0/s1. The van der Waals surface area contributed by atoms with E-state index in [1.165, 1.54) is 19.4 Å². The fourth-order valence-electron chi connectivity index (χ4n) is 16.3. The highest BCUT2D eigenvalue weighted by Crippen LogP contribution is 2.30. The third kappa shape index (κ3) is 33.3. The van der Waals surface area contributed by atoms with Crippen LogP contribution in [0.5, 0.6) is 0 Å². The van der Waals surface area contributed by atoms with E-state index in [1.807, 2.05) is 0 Å². The largest absolute Gasteiger partial charge is 0.481 e. The number of unbranched alkanes of at least 4 members (excludes halogenated alkanes) is 1. The lowest BCUT2D eigenvalue weighted by Gasteiger charge is -2.34. The Bertz CT molecular complexity index is 5240. The number of carboxylic acid groups (broad SMARTS) is 2. The number of amides is 17. The van der Waals surface area contributed by atoms with Crippen molar-refractivity contribution >= 4 is 156 Å². The SMILES string of the molecule is C#CCCCC(=O)NCCOCCOCCC(=O)N[C@H]1C[C@H]2C(=O)N[C@@H](CC(=O)O)C(=O)N[C@H]3CSSC[C@H](NC(=O)[C@H](Cc4c[nH]c5ccccc45)NC(=O)[C@H](C(C)C)NC(=O)[C@H](CC(C)C)NC(=O)[C@H](CCC(=O)O)NC(=O)CNC(=O)[C@H](CC(C)C)NC(=O)[C@H](Cc4cnc[nH]4)NC(=O)[C@H](Cc4c[nH]c5ccccc45)NC(=O)[C@H](C)NC3=O)C(=O)N[C@@H]([C@@H](C)O)C(=O)N3CCC[C@@H]3C(=O)N2C1. The highest BCUT2D eigenvalue weighted by atomic mass is 33.1. The molecule has 4 aliphatic rings. The first-order valence-corrected chi connectivity index (χ1v) is 48.9. The number of aliphatic hydroxyl groups excluding tert-OH is 1. The Hall–Kier alpha value is -13.2. The van der Waals surface area contributed by atoms with Gasteiger partial charge in [-0.05, 0) is 99.8 Å². The highest BCUT2D eigenvalue weighted by molar-refractivity contribution is 8.76. The number of hydrogen-bond donors (Lipinski definition) is 21. The van der Waals surface area contributed by atoms with Gasteiger partial charge in [0.1, 0.15) is 84.6 Å². The van der Waals surface area contributed by atoms with Gasteiger partial charge in [-0.3, -0.25) is 91.1 Å². The quantitative estimate of drug-likeness (QED) is 0.0130. The molecule has 0 spiro atoms. The molecule has 2 bridgehead atoms. The maximum Gasteiger partial charge on any atom is 0.305 e. The monoisotopic (exact) mass is 1970 g/mol. The average molecular weight is 1980 g/mol. The molecule has 4 aliphatic heterocycles. The Labute approximate surface area is 809 Å². The van der Waals surface area contributed by atoms with Crippen LogP contribution in [0.15, 0.2) is 73.4 Å². The van der Waals surface area contributed by atoms with Crippen molar-refractivity contribution in [3.05, 3.63) is 90.3 Å². The second-order valence-electron chi connectivity index (χ2n) is 35.9. The molecule has 2 aromatic carbocycles. The number of nitrogens with zero attached hydrogens (tertiary/aromatic N) is 3. The van der Waals surface area contributed by atoms with E-state index in [9.17, 15) is 58.5 Å². The van der Waals surface area contributed by atoms with Crippen molar-refractivity contribution in [1.82, 2.24) is 109 Å². The zero-order valence-corrected chi connectivity index (χ0v) is 80.4. The summed E-state index contributed by atoms with van der Waals surface area (Å²) in [5.41, 5.74) is 2.37. The number of rotatable bonds is 30. The number of aromatic nitrogens is 4. The predicted octanol–water partition coefficient (Wildman–Crippen LogP) is -2.35. The lowest BCUT2D eigenvalue weighted by atomic mass is 9.98. The number of terminal acetylenes is 1. The van der Waals surface area contributed by atoms with Crippen LogP contribution in [-0.2, 0) is 120 Å². The number of fused-ring (bicyclic) bond motifs is 9. The molecule has 0 unspecified atom stereocenters. The van der Waals surface area contributed by atoms with Crippen LogP contribution in [0.25, 0.3) is 21.8 Å². The van der Waals surface area contributed by atoms with Crippen molar-refractivity contribution < 1.29 is 116 Å². The van der Waals surface area contributed by atoms with Gasteiger partial charge in [0, 0.05) is 128 Å². The first-order valence-electron chi connectivity index (χ1n) is 46.4. The average Bonchev–Trinajstić information content (AvgIpc) is 1.64. The second-order valence-corrected chi connectivity index (χ2v) is 38.4. The molecule has 21 N–H and O–H groups in total. The number of aromatic amines is 3. The van der Waals surface area contributed by atoms with Gasteiger partial charge in [-0.2, -0.15) is 0 Å². The van der Waals surface area contributed by atoms with Gasteiger partial charge >= 0.3 is 11.9 Å². The minimum atomic E-state index is -2.10. The molecule has 7 heterocycles. The van der Waals surface area contributed by atoms with E-state index < -0.39 is 253 Å². The molecule has 45 nitrogen and oxygen atoms in total. The van der Waals surface area contributed by atoms with Gasteiger partial charge in [0.25, 0.3) is 0 Å². The number of H-pyrrole nitrogens is 3. The zero-order chi connectivity index (χ0) is 101. The second kappa shape index (κ2) is 53.7. The third-order valence-electron chi connectivity index (χ3n) is 23.6.